The average molecular weight is 564 g/mol. The predicted molar refractivity (Wildman–Crippen MR) is 162 cm³/mol. The lowest BCUT2D eigenvalue weighted by Gasteiger charge is -2.11. The van der Waals surface area contributed by atoms with Crippen LogP contribution in [0.3, 0.4) is 0 Å². The van der Waals surface area contributed by atoms with Crippen LogP contribution in [-0.4, -0.2) is 64.2 Å². The lowest BCUT2D eigenvalue weighted by atomic mass is 10.1. The number of carbonyl (C=O) groups excluding carboxylic acids is 2. The number of fused-ring (bicyclic) bond motifs is 1. The Bertz CT molecular complexity index is 1310. The number of unbranched alkanes of at least 4 members (excludes halogenated alkanes) is 4. The highest BCUT2D eigenvalue weighted by atomic mass is 32.1. The Hall–Kier alpha value is -3.47. The second-order valence-corrected chi connectivity index (χ2v) is 10.9. The molecule has 10 heteroatoms. The number of aryl methyl sites for hydroxylation is 1. The first-order chi connectivity index (χ1) is 19.5. The van der Waals surface area contributed by atoms with Gasteiger partial charge in [0.05, 0.1) is 24.6 Å². The first-order valence-electron chi connectivity index (χ1n) is 13.9. The van der Waals surface area contributed by atoms with E-state index in [1.165, 1.54) is 29.6 Å². The fourth-order valence-corrected chi connectivity index (χ4v) is 5.20. The van der Waals surface area contributed by atoms with Crippen LogP contribution in [0.5, 0.6) is 0 Å². The van der Waals surface area contributed by atoms with E-state index in [1.807, 2.05) is 38.8 Å². The van der Waals surface area contributed by atoms with E-state index in [-0.39, 0.29) is 5.91 Å². The summed E-state index contributed by atoms with van der Waals surface area (Å²) in [5, 5.41) is 6.07. The van der Waals surface area contributed by atoms with E-state index >= 15 is 0 Å². The van der Waals surface area contributed by atoms with Crippen LogP contribution in [0, 0.1) is 0 Å². The second kappa shape index (κ2) is 17.3. The molecule has 1 saturated heterocycles. The summed E-state index contributed by atoms with van der Waals surface area (Å²) < 4.78 is 0. The van der Waals surface area contributed by atoms with Gasteiger partial charge in [-0.25, -0.2) is 9.97 Å². The number of rotatable bonds is 11. The zero-order valence-electron chi connectivity index (χ0n) is 23.6. The van der Waals surface area contributed by atoms with Crippen molar-refractivity contribution < 1.29 is 9.59 Å². The van der Waals surface area contributed by atoms with Crippen LogP contribution in [-0.2, 0) is 17.8 Å². The van der Waals surface area contributed by atoms with Gasteiger partial charge in [-0.3, -0.25) is 14.7 Å². The minimum Gasteiger partial charge on any atom is -0.365 e. The summed E-state index contributed by atoms with van der Waals surface area (Å²) in [6.07, 6.45) is 16.7. The molecule has 1 amide bonds. The van der Waals surface area contributed by atoms with E-state index in [2.05, 4.69) is 48.4 Å². The summed E-state index contributed by atoms with van der Waals surface area (Å²) >= 11 is 1.40. The summed E-state index contributed by atoms with van der Waals surface area (Å²) in [4.78, 5) is 40.2. The summed E-state index contributed by atoms with van der Waals surface area (Å²) in [6, 6.07) is 8.38. The highest BCUT2D eigenvalue weighted by Gasteiger charge is 2.14. The van der Waals surface area contributed by atoms with Gasteiger partial charge in [0.2, 0.25) is 0 Å². The third-order valence-electron chi connectivity index (χ3n) is 6.42. The molecule has 3 aromatic heterocycles. The van der Waals surface area contributed by atoms with Crippen molar-refractivity contribution in [2.24, 2.45) is 5.73 Å². The van der Waals surface area contributed by atoms with Crippen LogP contribution in [0.1, 0.15) is 65.4 Å². The Balaban J connectivity index is 0.000000221. The number of pyridine rings is 1. The van der Waals surface area contributed by atoms with Gasteiger partial charge in [0.25, 0.3) is 5.91 Å². The van der Waals surface area contributed by atoms with Gasteiger partial charge >= 0.3 is 0 Å². The second-order valence-electron chi connectivity index (χ2n) is 9.77. The molecule has 0 spiro atoms. The van der Waals surface area contributed by atoms with E-state index in [0.29, 0.717) is 11.3 Å². The molecule has 4 heterocycles. The average Bonchev–Trinajstić information content (AvgIpc) is 3.75. The molecule has 9 nitrogen and oxygen atoms in total. The number of aromatic amines is 1. The molecule has 4 N–H and O–H groups in total. The third-order valence-corrected chi connectivity index (χ3v) is 7.42. The molecule has 0 saturated carbocycles. The van der Waals surface area contributed by atoms with Gasteiger partial charge in [-0.15, -0.1) is 11.3 Å². The fourth-order valence-electron chi connectivity index (χ4n) is 4.39. The maximum absolute atomic E-state index is 10.8. The van der Waals surface area contributed by atoms with Crippen molar-refractivity contribution in [3.8, 4) is 11.3 Å². The number of hydrogen-bond donors (Lipinski definition) is 3. The molecule has 40 heavy (non-hydrogen) atoms. The minimum atomic E-state index is -0.379. The maximum Gasteiger partial charge on any atom is 0.260 e. The van der Waals surface area contributed by atoms with E-state index in [9.17, 15) is 9.59 Å². The molecular formula is C30H41N7O2S. The number of primary amides is 1. The number of imidazole rings is 1. The maximum atomic E-state index is 10.8. The van der Waals surface area contributed by atoms with Crippen molar-refractivity contribution in [2.75, 3.05) is 27.2 Å². The van der Waals surface area contributed by atoms with Crippen molar-refractivity contribution >= 4 is 34.3 Å². The molecule has 0 aliphatic carbocycles. The number of hydrogen-bond acceptors (Lipinski definition) is 8. The molecule has 4 aromatic rings. The van der Waals surface area contributed by atoms with Crippen molar-refractivity contribution in [2.45, 2.75) is 57.9 Å². The molecule has 1 aliphatic rings. The zero-order chi connectivity index (χ0) is 28.6. The Kier molecular flexibility index (Phi) is 13.4. The number of likely N-dealkylation sites (tertiary alicyclic amines) is 1. The quantitative estimate of drug-likeness (QED) is 0.173. The van der Waals surface area contributed by atoms with Gasteiger partial charge in [-0.1, -0.05) is 25.0 Å². The number of aldehydes is 1. The van der Waals surface area contributed by atoms with Crippen LogP contribution >= 0.6 is 11.3 Å². The van der Waals surface area contributed by atoms with E-state index < -0.39 is 0 Å². The molecule has 1 aliphatic heterocycles. The lowest BCUT2D eigenvalue weighted by molar-refractivity contribution is -0.107. The van der Waals surface area contributed by atoms with E-state index in [0.717, 1.165) is 85.5 Å². The summed E-state index contributed by atoms with van der Waals surface area (Å²) in [5.41, 5.74) is 7.34. The molecule has 0 atom stereocenters. The van der Waals surface area contributed by atoms with Gasteiger partial charge in [0.1, 0.15) is 22.0 Å². The van der Waals surface area contributed by atoms with Gasteiger partial charge in [-0.2, -0.15) is 0 Å². The monoisotopic (exact) mass is 563 g/mol. The largest absolute Gasteiger partial charge is 0.365 e. The normalized spacial score (nSPS) is 12.8. The standard InChI is InChI=1S/C19H21N3O.C9H13N3OS.C2H7N/c23-11-5-3-1-2-4-6-19-21-14-18(22-19)16-8-7-15-9-10-20-13-17(15)12-16;10-9(13)7-5-11-8(14-7)6-12-3-1-2-4-12;1-3-2/h7-14H,1-6H2,(H,21,22);5H,1-4,6H2,(H2,10,13);3H,1-2H3. The minimum absolute atomic E-state index is 0.379. The van der Waals surface area contributed by atoms with Gasteiger partial charge in [0, 0.05) is 36.2 Å². The van der Waals surface area contributed by atoms with Gasteiger partial charge < -0.3 is 20.8 Å². The molecular weight excluding hydrogens is 522 g/mol. The summed E-state index contributed by atoms with van der Waals surface area (Å²) in [6.45, 7) is 3.15. The number of nitrogens with one attached hydrogen (secondary N) is 2. The number of nitrogens with two attached hydrogens (primary N) is 1. The SMILES string of the molecule is CNC.NC(=O)c1cnc(CN2CCCC2)s1.O=CCCCCCCc1ncc(-c2ccc3ccncc3c2)[nH]1. The van der Waals surface area contributed by atoms with Crippen LogP contribution in [0.2, 0.25) is 0 Å². The summed E-state index contributed by atoms with van der Waals surface area (Å²) in [7, 11) is 3.75. The highest BCUT2D eigenvalue weighted by molar-refractivity contribution is 7.13. The molecule has 0 radical (unpaired) electrons. The Morgan fingerprint density at radius 2 is 1.82 bits per heavy atom. The van der Waals surface area contributed by atoms with Gasteiger partial charge in [0.15, 0.2) is 0 Å². The molecule has 0 unspecified atom stereocenters. The fraction of sp³-hybridized carbons (Fsp3) is 0.433. The van der Waals surface area contributed by atoms with Crippen LogP contribution in [0.15, 0.2) is 49.1 Å². The predicted octanol–water partition coefficient (Wildman–Crippen LogP) is 4.99. The van der Waals surface area contributed by atoms with Crippen molar-refractivity contribution in [3.63, 3.8) is 0 Å². The molecule has 0 bridgehead atoms. The first-order valence-corrected chi connectivity index (χ1v) is 14.7. The summed E-state index contributed by atoms with van der Waals surface area (Å²) in [5.74, 6) is 0.650. The Morgan fingerprint density at radius 3 is 2.55 bits per heavy atom. The smallest absolute Gasteiger partial charge is 0.260 e. The van der Waals surface area contributed by atoms with Crippen LogP contribution in [0.4, 0.5) is 0 Å². The number of thiazole rings is 1. The molecule has 1 fully saturated rings. The number of carbonyl (C=O) groups is 2. The van der Waals surface area contributed by atoms with Crippen LogP contribution in [0.25, 0.3) is 22.0 Å². The number of nitrogens with zero attached hydrogens (tertiary/aromatic N) is 4. The first kappa shape index (κ1) is 31.1. The number of benzene rings is 1. The molecule has 5 rings (SSSR count). The lowest BCUT2D eigenvalue weighted by Crippen LogP contribution is -2.18. The van der Waals surface area contributed by atoms with Crippen molar-refractivity contribution in [1.82, 2.24) is 30.2 Å². The Labute approximate surface area is 240 Å². The van der Waals surface area contributed by atoms with Crippen molar-refractivity contribution in [1.29, 1.82) is 0 Å². The van der Waals surface area contributed by atoms with E-state index in [1.54, 1.807) is 6.20 Å². The number of H-pyrrole nitrogens is 1. The number of aromatic nitrogens is 4. The van der Waals surface area contributed by atoms with Gasteiger partial charge in [-0.05, 0) is 70.4 Å². The topological polar surface area (TPSA) is 130 Å². The molecule has 214 valence electrons. The molecule has 1 aromatic carbocycles. The zero-order valence-corrected chi connectivity index (χ0v) is 24.4. The van der Waals surface area contributed by atoms with Crippen molar-refractivity contribution in [3.05, 3.63) is 64.8 Å². The number of amides is 1. The highest BCUT2D eigenvalue weighted by Crippen LogP contribution is 2.23. The van der Waals surface area contributed by atoms with E-state index in [4.69, 9.17) is 5.73 Å². The van der Waals surface area contributed by atoms with Crippen LogP contribution < -0.4 is 11.1 Å². The Morgan fingerprint density at radius 1 is 1.05 bits per heavy atom. The third kappa shape index (κ3) is 10.3.